The van der Waals surface area contributed by atoms with Gasteiger partial charge in [0.1, 0.15) is 6.04 Å². The molecular formula is C27H24ClF2N3O3. The fourth-order valence-corrected chi connectivity index (χ4v) is 4.34. The van der Waals surface area contributed by atoms with Crippen molar-refractivity contribution in [3.05, 3.63) is 100 Å². The summed E-state index contributed by atoms with van der Waals surface area (Å²) in [7, 11) is 0. The average Bonchev–Trinajstić information content (AvgIpc) is 3.15. The largest absolute Gasteiger partial charge is 0.347 e. The summed E-state index contributed by atoms with van der Waals surface area (Å²) in [6.45, 7) is 2.26. The first-order valence-corrected chi connectivity index (χ1v) is 11.7. The molecule has 0 aromatic heterocycles. The van der Waals surface area contributed by atoms with Gasteiger partial charge in [-0.25, -0.2) is 0 Å². The maximum Gasteiger partial charge on any atom is 0.315 e. The lowest BCUT2D eigenvalue weighted by atomic mass is 9.99. The first-order valence-electron chi connectivity index (χ1n) is 11.4. The lowest BCUT2D eigenvalue weighted by molar-refractivity contribution is -0.131. The molecular weight excluding hydrogens is 488 g/mol. The van der Waals surface area contributed by atoms with Crippen LogP contribution in [0.25, 0.3) is 0 Å². The molecule has 6 nitrogen and oxygen atoms in total. The third kappa shape index (κ3) is 5.54. The van der Waals surface area contributed by atoms with Crippen molar-refractivity contribution in [2.75, 3.05) is 11.9 Å². The van der Waals surface area contributed by atoms with Gasteiger partial charge in [-0.15, -0.1) is 0 Å². The topological polar surface area (TPSA) is 78.5 Å². The van der Waals surface area contributed by atoms with E-state index < -0.39 is 18.4 Å². The van der Waals surface area contributed by atoms with Crippen molar-refractivity contribution in [3.8, 4) is 0 Å². The summed E-state index contributed by atoms with van der Waals surface area (Å²) in [4.78, 5) is 39.3. The average molecular weight is 512 g/mol. The Labute approximate surface area is 212 Å². The van der Waals surface area contributed by atoms with Crippen LogP contribution >= 0.6 is 11.6 Å². The normalized spacial score (nSPS) is 15.5. The zero-order valence-corrected chi connectivity index (χ0v) is 20.1. The summed E-state index contributed by atoms with van der Waals surface area (Å²) >= 11 is 6.00. The quantitative estimate of drug-likeness (QED) is 0.438. The van der Waals surface area contributed by atoms with E-state index in [0.29, 0.717) is 33.9 Å². The van der Waals surface area contributed by atoms with Gasteiger partial charge in [0.05, 0.1) is 0 Å². The van der Waals surface area contributed by atoms with Crippen LogP contribution in [-0.2, 0) is 16.1 Å². The van der Waals surface area contributed by atoms with Gasteiger partial charge in [0, 0.05) is 29.4 Å². The summed E-state index contributed by atoms with van der Waals surface area (Å²) in [5, 5.41) is 5.60. The number of anilines is 1. The highest BCUT2D eigenvalue weighted by Crippen LogP contribution is 2.36. The fraction of sp³-hybridized carbons (Fsp3) is 0.222. The second kappa shape index (κ2) is 10.9. The molecule has 9 heteroatoms. The Morgan fingerprint density at radius 3 is 2.33 bits per heavy atom. The summed E-state index contributed by atoms with van der Waals surface area (Å²) in [6, 6.07) is 20.1. The van der Waals surface area contributed by atoms with Gasteiger partial charge >= 0.3 is 6.43 Å². The van der Waals surface area contributed by atoms with Crippen LogP contribution in [0.1, 0.15) is 45.9 Å². The van der Waals surface area contributed by atoms with Crippen LogP contribution in [0.3, 0.4) is 0 Å². The molecule has 3 amide bonds. The predicted octanol–water partition coefficient (Wildman–Crippen LogP) is 5.16. The van der Waals surface area contributed by atoms with Crippen molar-refractivity contribution < 1.29 is 23.2 Å². The summed E-state index contributed by atoms with van der Waals surface area (Å²) < 4.78 is 24.7. The highest BCUT2D eigenvalue weighted by atomic mass is 35.5. The van der Waals surface area contributed by atoms with Gasteiger partial charge in [0.2, 0.25) is 0 Å². The molecule has 3 aromatic carbocycles. The molecule has 0 bridgehead atoms. The third-order valence-corrected chi connectivity index (χ3v) is 6.35. The number of hydrogen-bond donors (Lipinski definition) is 2. The summed E-state index contributed by atoms with van der Waals surface area (Å²) in [6.07, 6.45) is -3.08. The number of amides is 3. The zero-order chi connectivity index (χ0) is 25.8. The maximum atomic E-state index is 13.4. The van der Waals surface area contributed by atoms with E-state index >= 15 is 0 Å². The number of rotatable bonds is 8. The van der Waals surface area contributed by atoms with Crippen molar-refractivity contribution in [2.24, 2.45) is 0 Å². The van der Waals surface area contributed by atoms with E-state index in [0.717, 1.165) is 5.56 Å². The Kier molecular flexibility index (Phi) is 7.64. The number of nitrogens with one attached hydrogen (secondary N) is 2. The van der Waals surface area contributed by atoms with Gasteiger partial charge in [0.15, 0.2) is 0 Å². The van der Waals surface area contributed by atoms with E-state index in [4.69, 9.17) is 11.6 Å². The number of nitrogens with zero attached hydrogens (tertiary/aromatic N) is 1. The molecule has 1 aliphatic heterocycles. The van der Waals surface area contributed by atoms with E-state index in [1.54, 1.807) is 65.6 Å². The van der Waals surface area contributed by atoms with Gasteiger partial charge < -0.3 is 15.5 Å². The van der Waals surface area contributed by atoms with Crippen LogP contribution in [-0.4, -0.2) is 35.6 Å². The zero-order valence-electron chi connectivity index (χ0n) is 19.4. The second-order valence-corrected chi connectivity index (χ2v) is 9.04. The van der Waals surface area contributed by atoms with Crippen LogP contribution < -0.4 is 10.6 Å². The molecule has 0 radical (unpaired) electrons. The van der Waals surface area contributed by atoms with Gasteiger partial charge in [-0.2, -0.15) is 8.78 Å². The predicted molar refractivity (Wildman–Crippen MR) is 133 cm³/mol. The maximum absolute atomic E-state index is 13.4. The third-order valence-electron chi connectivity index (χ3n) is 6.10. The van der Waals surface area contributed by atoms with Crippen molar-refractivity contribution in [2.45, 2.75) is 31.9 Å². The van der Waals surface area contributed by atoms with Crippen molar-refractivity contribution >= 4 is 35.0 Å². The molecule has 36 heavy (non-hydrogen) atoms. The fourth-order valence-electron chi connectivity index (χ4n) is 4.22. The molecule has 4 rings (SSSR count). The number of hydrogen-bond acceptors (Lipinski definition) is 3. The van der Waals surface area contributed by atoms with E-state index in [-0.39, 0.29) is 24.3 Å². The van der Waals surface area contributed by atoms with Crippen LogP contribution in [0.5, 0.6) is 0 Å². The molecule has 0 saturated carbocycles. The number of halogens is 3. The SMILES string of the molecule is CC(CN1C(=O)c2ccccc2C1C(=O)Nc1ccc(CNC(=O)C(F)F)cc1)c1ccc(Cl)cc1. The minimum atomic E-state index is -3.08. The van der Waals surface area contributed by atoms with Crippen LogP contribution in [0.15, 0.2) is 72.8 Å². The molecule has 0 fully saturated rings. The second-order valence-electron chi connectivity index (χ2n) is 8.60. The van der Waals surface area contributed by atoms with Crippen molar-refractivity contribution in [3.63, 3.8) is 0 Å². The summed E-state index contributed by atoms with van der Waals surface area (Å²) in [5.74, 6) is -1.96. The Hall–Kier alpha value is -3.78. The number of alkyl halides is 2. The Morgan fingerprint density at radius 2 is 1.67 bits per heavy atom. The molecule has 3 aromatic rings. The smallest absolute Gasteiger partial charge is 0.315 e. The molecule has 2 unspecified atom stereocenters. The molecule has 2 N–H and O–H groups in total. The number of benzene rings is 3. The molecule has 1 heterocycles. The molecule has 2 atom stereocenters. The first-order chi connectivity index (χ1) is 17.2. The lowest BCUT2D eigenvalue weighted by Crippen LogP contribution is -2.38. The van der Waals surface area contributed by atoms with E-state index in [2.05, 4.69) is 10.6 Å². The van der Waals surface area contributed by atoms with Crippen molar-refractivity contribution in [1.82, 2.24) is 10.2 Å². The minimum absolute atomic E-state index is 0.0430. The lowest BCUT2D eigenvalue weighted by Gasteiger charge is -2.27. The van der Waals surface area contributed by atoms with Crippen molar-refractivity contribution in [1.29, 1.82) is 0 Å². The van der Waals surface area contributed by atoms with E-state index in [1.165, 1.54) is 0 Å². The highest BCUT2D eigenvalue weighted by Gasteiger charge is 2.41. The molecule has 186 valence electrons. The van der Waals surface area contributed by atoms with E-state index in [9.17, 15) is 23.2 Å². The molecule has 0 aliphatic carbocycles. The number of carbonyl (C=O) groups excluding carboxylic acids is 3. The standard InChI is InChI=1S/C27H24ClF2N3O3/c1-16(18-8-10-19(28)11-9-18)15-33-23(21-4-2-3-5-22(21)27(33)36)25(34)32-20-12-6-17(7-13-20)14-31-26(35)24(29)30/h2-13,16,23-24H,14-15H2,1H3,(H,31,35)(H,32,34). The van der Waals surface area contributed by atoms with Crippen LogP contribution in [0, 0.1) is 0 Å². The number of carbonyl (C=O) groups is 3. The number of fused-ring (bicyclic) bond motifs is 1. The van der Waals surface area contributed by atoms with Crippen LogP contribution in [0.4, 0.5) is 14.5 Å². The Morgan fingerprint density at radius 1 is 1.00 bits per heavy atom. The van der Waals surface area contributed by atoms with E-state index in [1.807, 2.05) is 19.1 Å². The summed E-state index contributed by atoms with van der Waals surface area (Å²) in [5.41, 5.74) is 3.20. The van der Waals surface area contributed by atoms with Crippen LogP contribution in [0.2, 0.25) is 5.02 Å². The first kappa shape index (κ1) is 25.3. The van der Waals surface area contributed by atoms with Gasteiger partial charge in [-0.3, -0.25) is 14.4 Å². The highest BCUT2D eigenvalue weighted by molar-refractivity contribution is 6.30. The molecule has 1 aliphatic rings. The monoisotopic (exact) mass is 511 g/mol. The Bertz CT molecular complexity index is 1270. The minimum Gasteiger partial charge on any atom is -0.347 e. The Balaban J connectivity index is 1.50. The van der Waals surface area contributed by atoms with Gasteiger partial charge in [0.25, 0.3) is 17.7 Å². The molecule has 0 spiro atoms. The molecule has 0 saturated heterocycles. The van der Waals surface area contributed by atoms with Gasteiger partial charge in [-0.05, 0) is 52.9 Å². The van der Waals surface area contributed by atoms with Gasteiger partial charge in [-0.1, -0.05) is 61.0 Å².